The second-order valence-corrected chi connectivity index (χ2v) is 5.20. The maximum atomic E-state index is 9.36. The van der Waals surface area contributed by atoms with E-state index >= 15 is 0 Å². The largest absolute Gasteiger partial charge is 0.395 e. The number of likely N-dealkylation sites (tertiary alicyclic amines) is 1. The van der Waals surface area contributed by atoms with Gasteiger partial charge >= 0.3 is 0 Å². The van der Waals surface area contributed by atoms with Crippen molar-refractivity contribution >= 4 is 11.6 Å². The molecule has 1 fully saturated rings. The minimum Gasteiger partial charge on any atom is -0.395 e. The Morgan fingerprint density at radius 1 is 1.44 bits per heavy atom. The Labute approximate surface area is 114 Å². The van der Waals surface area contributed by atoms with Crippen molar-refractivity contribution in [2.45, 2.75) is 52.2 Å². The van der Waals surface area contributed by atoms with Crippen LogP contribution in [0.4, 0.5) is 0 Å². The molecule has 0 saturated carbocycles. The maximum absolute atomic E-state index is 9.36. The Kier molecular flexibility index (Phi) is 4.65. The number of aliphatic hydroxyl groups is 1. The molecule has 18 heavy (non-hydrogen) atoms. The zero-order valence-electron chi connectivity index (χ0n) is 11.2. The average Bonchev–Trinajstić information content (AvgIpc) is 2.95. The van der Waals surface area contributed by atoms with Crippen LogP contribution in [-0.4, -0.2) is 39.0 Å². The molecule has 0 spiro atoms. The third-order valence-electron chi connectivity index (χ3n) is 3.76. The van der Waals surface area contributed by atoms with Gasteiger partial charge in [0.25, 0.3) is 0 Å². The van der Waals surface area contributed by atoms with Gasteiger partial charge in [0.2, 0.25) is 0 Å². The number of nitrogens with zero attached hydrogens (tertiary/aromatic N) is 3. The highest BCUT2D eigenvalue weighted by Gasteiger charge is 2.26. The van der Waals surface area contributed by atoms with E-state index < -0.39 is 0 Å². The summed E-state index contributed by atoms with van der Waals surface area (Å²) in [7, 11) is 0. The zero-order chi connectivity index (χ0) is 13.1. The van der Waals surface area contributed by atoms with Gasteiger partial charge in [0.1, 0.15) is 0 Å². The van der Waals surface area contributed by atoms with Crippen LogP contribution in [0, 0.1) is 0 Å². The van der Waals surface area contributed by atoms with Gasteiger partial charge in [-0.25, -0.2) is 0 Å². The van der Waals surface area contributed by atoms with E-state index in [1.54, 1.807) is 0 Å². The predicted octanol–water partition coefficient (Wildman–Crippen LogP) is 2.08. The first-order chi connectivity index (χ1) is 8.71. The fourth-order valence-corrected chi connectivity index (χ4v) is 3.00. The summed E-state index contributed by atoms with van der Waals surface area (Å²) < 4.78 is 1.99. The minimum absolute atomic E-state index is 0.235. The number of aryl methyl sites for hydroxylation is 2. The smallest absolute Gasteiger partial charge is 0.0863 e. The van der Waals surface area contributed by atoms with Crippen molar-refractivity contribution in [1.82, 2.24) is 14.7 Å². The Hall–Kier alpha value is -0.580. The molecule has 5 heteroatoms. The molecule has 1 aromatic heterocycles. The van der Waals surface area contributed by atoms with Crippen molar-refractivity contribution in [1.29, 1.82) is 0 Å². The Balaban J connectivity index is 2.19. The van der Waals surface area contributed by atoms with Gasteiger partial charge in [0, 0.05) is 19.1 Å². The van der Waals surface area contributed by atoms with Crippen LogP contribution in [0.15, 0.2) is 0 Å². The summed E-state index contributed by atoms with van der Waals surface area (Å²) in [4.78, 5) is 2.31. The lowest BCUT2D eigenvalue weighted by atomic mass is 10.2. The summed E-state index contributed by atoms with van der Waals surface area (Å²) in [5, 5.41) is 14.7. The topological polar surface area (TPSA) is 41.3 Å². The second kappa shape index (κ2) is 6.04. The van der Waals surface area contributed by atoms with E-state index in [1.807, 2.05) is 4.68 Å². The van der Waals surface area contributed by atoms with Crippen LogP contribution < -0.4 is 0 Å². The van der Waals surface area contributed by atoms with Crippen LogP contribution in [0.1, 0.15) is 38.1 Å². The van der Waals surface area contributed by atoms with Crippen LogP contribution in [0.3, 0.4) is 0 Å². The molecule has 1 aliphatic rings. The monoisotopic (exact) mass is 271 g/mol. The summed E-state index contributed by atoms with van der Waals surface area (Å²) in [6, 6.07) is 0.284. The standard InChI is InChI=1S/C13H22ClN3O/c1-3-11-13(14)12(17(4-2)15-11)8-16-7-5-6-10(16)9-18/h10,18H,3-9H2,1-2H3/t10-/m1/s1. The first-order valence-corrected chi connectivity index (χ1v) is 7.18. The molecule has 1 atom stereocenters. The van der Waals surface area contributed by atoms with Crippen LogP contribution >= 0.6 is 11.6 Å². The van der Waals surface area contributed by atoms with Gasteiger partial charge in [0.15, 0.2) is 0 Å². The highest BCUT2D eigenvalue weighted by molar-refractivity contribution is 6.31. The van der Waals surface area contributed by atoms with Gasteiger partial charge < -0.3 is 5.11 Å². The molecule has 0 aliphatic carbocycles. The van der Waals surface area contributed by atoms with Crippen molar-refractivity contribution in [2.24, 2.45) is 0 Å². The first kappa shape index (κ1) is 13.8. The van der Waals surface area contributed by atoms with E-state index in [2.05, 4.69) is 23.8 Å². The van der Waals surface area contributed by atoms with E-state index in [-0.39, 0.29) is 12.6 Å². The fourth-order valence-electron chi connectivity index (χ4n) is 2.67. The Morgan fingerprint density at radius 3 is 2.83 bits per heavy atom. The summed E-state index contributed by atoms with van der Waals surface area (Å²) in [6.45, 7) is 7.07. The molecule has 0 aromatic carbocycles. The maximum Gasteiger partial charge on any atom is 0.0863 e. The van der Waals surface area contributed by atoms with Gasteiger partial charge in [-0.3, -0.25) is 9.58 Å². The number of hydrogen-bond acceptors (Lipinski definition) is 3. The summed E-state index contributed by atoms with van der Waals surface area (Å²) in [5.74, 6) is 0. The molecule has 2 rings (SSSR count). The van der Waals surface area contributed by atoms with Crippen LogP contribution in [0.5, 0.6) is 0 Å². The van der Waals surface area contributed by atoms with Crippen LogP contribution in [-0.2, 0) is 19.5 Å². The van der Waals surface area contributed by atoms with Crippen molar-refractivity contribution in [3.05, 3.63) is 16.4 Å². The molecule has 0 unspecified atom stereocenters. The zero-order valence-corrected chi connectivity index (χ0v) is 11.9. The van der Waals surface area contributed by atoms with Crippen LogP contribution in [0.2, 0.25) is 5.02 Å². The van der Waals surface area contributed by atoms with E-state index in [0.29, 0.717) is 0 Å². The van der Waals surface area contributed by atoms with Gasteiger partial charge in [-0.05, 0) is 32.7 Å². The van der Waals surface area contributed by atoms with Crippen molar-refractivity contribution in [2.75, 3.05) is 13.2 Å². The lowest BCUT2D eigenvalue weighted by molar-refractivity contribution is 0.151. The number of aromatic nitrogens is 2. The molecule has 1 N–H and O–H groups in total. The number of hydrogen-bond donors (Lipinski definition) is 1. The molecule has 4 nitrogen and oxygen atoms in total. The third kappa shape index (κ3) is 2.56. The summed E-state index contributed by atoms with van der Waals surface area (Å²) in [6.07, 6.45) is 3.10. The third-order valence-corrected chi connectivity index (χ3v) is 4.19. The number of halogens is 1. The molecular formula is C13H22ClN3O. The molecule has 102 valence electrons. The summed E-state index contributed by atoms with van der Waals surface area (Å²) in [5.41, 5.74) is 2.07. The summed E-state index contributed by atoms with van der Waals surface area (Å²) >= 11 is 6.41. The fraction of sp³-hybridized carbons (Fsp3) is 0.769. The Morgan fingerprint density at radius 2 is 2.22 bits per heavy atom. The van der Waals surface area contributed by atoms with Crippen LogP contribution in [0.25, 0.3) is 0 Å². The van der Waals surface area contributed by atoms with Gasteiger partial charge in [-0.15, -0.1) is 0 Å². The molecule has 1 aliphatic heterocycles. The molecule has 0 amide bonds. The number of rotatable bonds is 5. The molecular weight excluding hydrogens is 250 g/mol. The SMILES string of the molecule is CCc1nn(CC)c(CN2CCC[C@@H]2CO)c1Cl. The predicted molar refractivity (Wildman–Crippen MR) is 72.8 cm³/mol. The number of aliphatic hydroxyl groups excluding tert-OH is 1. The Bertz CT molecular complexity index is 405. The lowest BCUT2D eigenvalue weighted by Gasteiger charge is -2.23. The van der Waals surface area contributed by atoms with E-state index in [9.17, 15) is 5.11 Å². The normalized spacial score (nSPS) is 20.8. The molecule has 2 heterocycles. The van der Waals surface area contributed by atoms with Crippen molar-refractivity contribution in [3.8, 4) is 0 Å². The van der Waals surface area contributed by atoms with Gasteiger partial charge in [0.05, 0.1) is 23.0 Å². The van der Waals surface area contributed by atoms with E-state index in [0.717, 1.165) is 55.3 Å². The van der Waals surface area contributed by atoms with E-state index in [1.165, 1.54) is 0 Å². The van der Waals surface area contributed by atoms with Gasteiger partial charge in [-0.1, -0.05) is 18.5 Å². The molecule has 0 bridgehead atoms. The lowest BCUT2D eigenvalue weighted by Crippen LogP contribution is -2.32. The van der Waals surface area contributed by atoms with Crippen molar-refractivity contribution < 1.29 is 5.11 Å². The highest BCUT2D eigenvalue weighted by Crippen LogP contribution is 2.26. The first-order valence-electron chi connectivity index (χ1n) is 6.80. The quantitative estimate of drug-likeness (QED) is 0.891. The van der Waals surface area contributed by atoms with Crippen molar-refractivity contribution in [3.63, 3.8) is 0 Å². The highest BCUT2D eigenvalue weighted by atomic mass is 35.5. The van der Waals surface area contributed by atoms with E-state index in [4.69, 9.17) is 11.6 Å². The molecule has 1 saturated heterocycles. The average molecular weight is 272 g/mol. The second-order valence-electron chi connectivity index (χ2n) is 4.83. The molecule has 0 radical (unpaired) electrons. The van der Waals surface area contributed by atoms with Gasteiger partial charge in [-0.2, -0.15) is 5.10 Å². The minimum atomic E-state index is 0.235. The molecule has 1 aromatic rings.